The fourth-order valence-corrected chi connectivity index (χ4v) is 0.474. The Labute approximate surface area is 65.5 Å². The third-order valence-corrected chi connectivity index (χ3v) is 0.924. The van der Waals surface area contributed by atoms with E-state index in [0.717, 1.165) is 13.5 Å². The molecule has 0 amide bonds. The first-order chi connectivity index (χ1) is 5.16. The molecule has 0 fully saturated rings. The van der Waals surface area contributed by atoms with Crippen molar-refractivity contribution < 1.29 is 9.90 Å². The van der Waals surface area contributed by atoms with Crippen LogP contribution in [0.3, 0.4) is 0 Å². The largest absolute Gasteiger partial charge is 0.481 e. The van der Waals surface area contributed by atoms with Crippen LogP contribution in [-0.2, 0) is 11.3 Å². The molecule has 0 bridgehead atoms. The maximum atomic E-state index is 9.00. The van der Waals surface area contributed by atoms with Gasteiger partial charge in [0.25, 0.3) is 5.97 Å². The molecule has 0 spiro atoms. The predicted molar refractivity (Wildman–Crippen MR) is 41.2 cm³/mol. The smallest absolute Gasteiger partial charge is 0.300 e. The van der Waals surface area contributed by atoms with Gasteiger partial charge in [0.05, 0.1) is 6.33 Å². The first-order valence-electron chi connectivity index (χ1n) is 3.32. The minimum atomic E-state index is -0.833. The van der Waals surface area contributed by atoms with Gasteiger partial charge in [0, 0.05) is 25.9 Å². The van der Waals surface area contributed by atoms with Crippen molar-refractivity contribution in [2.24, 2.45) is 0 Å². The van der Waals surface area contributed by atoms with Gasteiger partial charge in [-0.05, 0) is 6.92 Å². The lowest BCUT2D eigenvalue weighted by Gasteiger charge is -1.87. The lowest BCUT2D eigenvalue weighted by molar-refractivity contribution is -0.134. The number of nitrogens with zero attached hydrogens (tertiary/aromatic N) is 2. The number of aliphatic carboxylic acids is 1. The topological polar surface area (TPSA) is 55.1 Å². The van der Waals surface area contributed by atoms with E-state index in [1.54, 1.807) is 12.5 Å². The van der Waals surface area contributed by atoms with Crippen molar-refractivity contribution in [1.82, 2.24) is 9.55 Å². The summed E-state index contributed by atoms with van der Waals surface area (Å²) in [7, 11) is 0. The molecule has 4 nitrogen and oxygen atoms in total. The van der Waals surface area contributed by atoms with Gasteiger partial charge in [-0.3, -0.25) is 4.79 Å². The van der Waals surface area contributed by atoms with Crippen molar-refractivity contribution in [2.45, 2.75) is 20.4 Å². The normalized spacial score (nSPS) is 8.18. The molecule has 1 rings (SSSR count). The van der Waals surface area contributed by atoms with E-state index < -0.39 is 5.97 Å². The molecule has 0 radical (unpaired) electrons. The van der Waals surface area contributed by atoms with Crippen LogP contribution in [0.2, 0.25) is 0 Å². The molecule has 0 aliphatic rings. The summed E-state index contributed by atoms with van der Waals surface area (Å²) in [5.74, 6) is -0.833. The molecular formula is C7H12N2O2. The van der Waals surface area contributed by atoms with Gasteiger partial charge in [-0.2, -0.15) is 0 Å². The van der Waals surface area contributed by atoms with Crippen LogP contribution >= 0.6 is 0 Å². The van der Waals surface area contributed by atoms with Crippen LogP contribution in [0.4, 0.5) is 0 Å². The summed E-state index contributed by atoms with van der Waals surface area (Å²) in [6, 6.07) is 0. The molecule has 1 aromatic rings. The number of hydrogen-bond acceptors (Lipinski definition) is 2. The minimum absolute atomic E-state index is 0.833. The molecular weight excluding hydrogens is 144 g/mol. The van der Waals surface area contributed by atoms with Crippen LogP contribution in [0.15, 0.2) is 18.7 Å². The maximum Gasteiger partial charge on any atom is 0.300 e. The predicted octanol–water partition coefficient (Wildman–Crippen LogP) is 0.994. The van der Waals surface area contributed by atoms with Crippen LogP contribution in [0, 0.1) is 0 Å². The Morgan fingerprint density at radius 2 is 2.27 bits per heavy atom. The summed E-state index contributed by atoms with van der Waals surface area (Å²) in [5.41, 5.74) is 0. The number of carbonyl (C=O) groups is 1. The molecule has 0 aromatic carbocycles. The first-order valence-corrected chi connectivity index (χ1v) is 3.32. The zero-order chi connectivity index (χ0) is 8.69. The number of aryl methyl sites for hydroxylation is 1. The minimum Gasteiger partial charge on any atom is -0.481 e. The average Bonchev–Trinajstić information content (AvgIpc) is 2.36. The summed E-state index contributed by atoms with van der Waals surface area (Å²) in [4.78, 5) is 12.9. The summed E-state index contributed by atoms with van der Waals surface area (Å²) < 4.78 is 2.01. The Morgan fingerprint density at radius 3 is 2.45 bits per heavy atom. The van der Waals surface area contributed by atoms with E-state index >= 15 is 0 Å². The standard InChI is InChI=1S/C5H8N2.C2H4O2/c1-2-7-4-3-6-5-7;1-2(3)4/h3-5H,2H2,1H3;1H3,(H,3,4). The van der Waals surface area contributed by atoms with Crippen LogP contribution in [0.1, 0.15) is 13.8 Å². The van der Waals surface area contributed by atoms with Crippen molar-refractivity contribution in [3.8, 4) is 0 Å². The maximum absolute atomic E-state index is 9.00. The quantitative estimate of drug-likeness (QED) is 0.659. The van der Waals surface area contributed by atoms with Crippen LogP contribution < -0.4 is 0 Å². The van der Waals surface area contributed by atoms with Gasteiger partial charge in [0.1, 0.15) is 0 Å². The second-order valence-electron chi connectivity index (χ2n) is 1.91. The molecule has 11 heavy (non-hydrogen) atoms. The Hall–Kier alpha value is -1.32. The molecule has 0 aliphatic carbocycles. The van der Waals surface area contributed by atoms with E-state index in [9.17, 15) is 0 Å². The van der Waals surface area contributed by atoms with E-state index in [2.05, 4.69) is 11.9 Å². The summed E-state index contributed by atoms with van der Waals surface area (Å²) in [5, 5.41) is 7.42. The molecule has 1 heterocycles. The average molecular weight is 156 g/mol. The highest BCUT2D eigenvalue weighted by atomic mass is 16.4. The molecule has 0 aliphatic heterocycles. The number of carboxylic acid groups (broad SMARTS) is 1. The van der Waals surface area contributed by atoms with E-state index in [1.807, 2.05) is 10.8 Å². The van der Waals surface area contributed by atoms with Gasteiger partial charge in [0.2, 0.25) is 0 Å². The molecule has 0 unspecified atom stereocenters. The van der Waals surface area contributed by atoms with Crippen LogP contribution in [-0.4, -0.2) is 20.6 Å². The lowest BCUT2D eigenvalue weighted by Crippen LogP contribution is -1.85. The third kappa shape index (κ3) is 6.57. The number of rotatable bonds is 1. The number of carboxylic acids is 1. The molecule has 1 aromatic heterocycles. The van der Waals surface area contributed by atoms with E-state index in [1.165, 1.54) is 0 Å². The number of aromatic nitrogens is 2. The van der Waals surface area contributed by atoms with Gasteiger partial charge in [-0.1, -0.05) is 0 Å². The fraction of sp³-hybridized carbons (Fsp3) is 0.429. The summed E-state index contributed by atoms with van der Waals surface area (Å²) >= 11 is 0. The van der Waals surface area contributed by atoms with Gasteiger partial charge < -0.3 is 9.67 Å². The SMILES string of the molecule is CC(=O)O.CCn1ccnc1. The van der Waals surface area contributed by atoms with Gasteiger partial charge in [-0.25, -0.2) is 4.98 Å². The zero-order valence-corrected chi connectivity index (χ0v) is 6.69. The number of imidazole rings is 1. The van der Waals surface area contributed by atoms with Crippen molar-refractivity contribution in [3.63, 3.8) is 0 Å². The van der Waals surface area contributed by atoms with Gasteiger partial charge in [0.15, 0.2) is 0 Å². The Balaban J connectivity index is 0.000000218. The van der Waals surface area contributed by atoms with E-state index in [4.69, 9.17) is 9.90 Å². The molecule has 62 valence electrons. The second-order valence-corrected chi connectivity index (χ2v) is 1.91. The van der Waals surface area contributed by atoms with Crippen LogP contribution in [0.25, 0.3) is 0 Å². The van der Waals surface area contributed by atoms with Crippen molar-refractivity contribution in [1.29, 1.82) is 0 Å². The van der Waals surface area contributed by atoms with E-state index in [0.29, 0.717) is 0 Å². The monoisotopic (exact) mass is 156 g/mol. The van der Waals surface area contributed by atoms with Crippen molar-refractivity contribution in [2.75, 3.05) is 0 Å². The highest BCUT2D eigenvalue weighted by molar-refractivity contribution is 5.62. The number of hydrogen-bond donors (Lipinski definition) is 1. The van der Waals surface area contributed by atoms with Crippen molar-refractivity contribution >= 4 is 5.97 Å². The highest BCUT2D eigenvalue weighted by Gasteiger charge is 1.77. The lowest BCUT2D eigenvalue weighted by atomic mass is 10.7. The summed E-state index contributed by atoms with van der Waals surface area (Å²) in [6.07, 6.45) is 5.53. The Kier molecular flexibility index (Phi) is 4.81. The second kappa shape index (κ2) is 5.46. The highest BCUT2D eigenvalue weighted by Crippen LogP contribution is 1.81. The molecule has 4 heteroatoms. The zero-order valence-electron chi connectivity index (χ0n) is 6.69. The van der Waals surface area contributed by atoms with Crippen LogP contribution in [0.5, 0.6) is 0 Å². The molecule has 0 saturated heterocycles. The third-order valence-electron chi connectivity index (χ3n) is 0.924. The molecule has 1 N–H and O–H groups in total. The first kappa shape index (κ1) is 9.68. The molecule has 0 atom stereocenters. The Morgan fingerprint density at radius 1 is 1.73 bits per heavy atom. The fourth-order valence-electron chi connectivity index (χ4n) is 0.474. The summed E-state index contributed by atoms with van der Waals surface area (Å²) in [6.45, 7) is 4.18. The van der Waals surface area contributed by atoms with E-state index in [-0.39, 0.29) is 0 Å². The Bertz CT molecular complexity index is 190. The van der Waals surface area contributed by atoms with Gasteiger partial charge in [-0.15, -0.1) is 0 Å². The van der Waals surface area contributed by atoms with Crippen molar-refractivity contribution in [3.05, 3.63) is 18.7 Å². The van der Waals surface area contributed by atoms with Gasteiger partial charge >= 0.3 is 0 Å². The molecule has 0 saturated carbocycles.